The number of oxime groups is 1. The van der Waals surface area contributed by atoms with Gasteiger partial charge in [-0.1, -0.05) is 5.16 Å². The van der Waals surface area contributed by atoms with Crippen LogP contribution >= 0.6 is 11.3 Å². The molecule has 0 bridgehead atoms. The first kappa shape index (κ1) is 11.9. The maximum Gasteiger partial charge on any atom is 0.344 e. The van der Waals surface area contributed by atoms with Crippen LogP contribution < -0.4 is 11.5 Å². The summed E-state index contributed by atoms with van der Waals surface area (Å²) in [7, 11) is 0. The number of aromatic nitrogens is 1. The van der Waals surface area contributed by atoms with Gasteiger partial charge in [-0.25, -0.2) is 9.78 Å². The van der Waals surface area contributed by atoms with Crippen LogP contribution in [0.1, 0.15) is 5.69 Å². The summed E-state index contributed by atoms with van der Waals surface area (Å²) in [6, 6.07) is 0. The number of amides is 1. The van der Waals surface area contributed by atoms with E-state index >= 15 is 0 Å². The highest BCUT2D eigenvalue weighted by Gasteiger charge is 2.15. The molecule has 1 radical (unpaired) electrons. The largest absolute Gasteiger partial charge is 0.479 e. The molecule has 1 aromatic heterocycles. The molecule has 0 spiro atoms. The summed E-state index contributed by atoms with van der Waals surface area (Å²) in [5.41, 5.74) is 11.9. The minimum atomic E-state index is -1.24. The second kappa shape index (κ2) is 5.07. The minimum absolute atomic E-state index is 0.0906. The topological polar surface area (TPSA) is 139 Å². The molecule has 1 aromatic rings. The van der Waals surface area contributed by atoms with Gasteiger partial charge in [-0.2, -0.15) is 0 Å². The van der Waals surface area contributed by atoms with E-state index in [4.69, 9.17) is 16.6 Å². The standard InChI is InChI=1S/C7H7N4O4S/c8-6(14)5(11-15-1-4(12)13)3-2-16-7(9)10-3/h2,8H,1H2,(H2,9,10)(H,12,13). The molecule has 0 fully saturated rings. The second-order valence-corrected chi connectivity index (χ2v) is 3.40. The molecule has 0 aliphatic carbocycles. The fourth-order valence-electron chi connectivity index (χ4n) is 0.753. The van der Waals surface area contributed by atoms with Crippen LogP contribution in [0.2, 0.25) is 0 Å². The van der Waals surface area contributed by atoms with Crippen molar-refractivity contribution in [3.63, 3.8) is 0 Å². The van der Waals surface area contributed by atoms with Crippen LogP contribution in [-0.4, -0.2) is 34.3 Å². The number of carbonyl (C=O) groups is 2. The van der Waals surface area contributed by atoms with Crippen molar-refractivity contribution in [3.05, 3.63) is 11.1 Å². The van der Waals surface area contributed by atoms with E-state index in [0.717, 1.165) is 11.3 Å². The molecule has 1 amide bonds. The summed E-state index contributed by atoms with van der Waals surface area (Å²) < 4.78 is 0. The average Bonchev–Trinajstić information content (AvgIpc) is 2.58. The molecule has 85 valence electrons. The van der Waals surface area contributed by atoms with Crippen molar-refractivity contribution >= 4 is 34.1 Å². The Bertz CT molecular complexity index is 441. The highest BCUT2D eigenvalue weighted by Crippen LogP contribution is 2.12. The molecule has 1 heterocycles. The van der Waals surface area contributed by atoms with Crippen molar-refractivity contribution in [3.8, 4) is 0 Å². The summed E-state index contributed by atoms with van der Waals surface area (Å²) in [6.45, 7) is -0.698. The number of hydrogen-bond acceptors (Lipinski definition) is 7. The normalized spacial score (nSPS) is 11.1. The van der Waals surface area contributed by atoms with Crippen molar-refractivity contribution in [2.45, 2.75) is 0 Å². The predicted molar refractivity (Wildman–Crippen MR) is 54.8 cm³/mol. The van der Waals surface area contributed by atoms with E-state index in [9.17, 15) is 9.59 Å². The zero-order valence-electron chi connectivity index (χ0n) is 7.84. The Labute approximate surface area is 93.5 Å². The third kappa shape index (κ3) is 3.20. The van der Waals surface area contributed by atoms with E-state index in [1.165, 1.54) is 5.38 Å². The number of thiazole rings is 1. The Morgan fingerprint density at radius 2 is 2.38 bits per heavy atom. The number of nitrogens with zero attached hydrogens (tertiary/aromatic N) is 2. The summed E-state index contributed by atoms with van der Waals surface area (Å²) in [5.74, 6) is -2.37. The quantitative estimate of drug-likeness (QED) is 0.519. The first-order valence-electron chi connectivity index (χ1n) is 3.89. The van der Waals surface area contributed by atoms with Crippen LogP contribution in [0.15, 0.2) is 10.5 Å². The zero-order valence-corrected chi connectivity index (χ0v) is 8.65. The van der Waals surface area contributed by atoms with E-state index in [2.05, 4.69) is 15.0 Å². The van der Waals surface area contributed by atoms with Crippen LogP contribution in [0.25, 0.3) is 0 Å². The molecule has 0 saturated heterocycles. The van der Waals surface area contributed by atoms with E-state index < -0.39 is 18.5 Å². The van der Waals surface area contributed by atoms with Gasteiger partial charge in [0.15, 0.2) is 10.8 Å². The predicted octanol–water partition coefficient (Wildman–Crippen LogP) is -0.660. The van der Waals surface area contributed by atoms with E-state index in [-0.39, 0.29) is 16.5 Å². The van der Waals surface area contributed by atoms with Gasteiger partial charge in [0, 0.05) is 5.38 Å². The summed E-state index contributed by atoms with van der Waals surface area (Å²) in [5, 5.41) is 13.1. The number of carboxylic acids is 1. The lowest BCUT2D eigenvalue weighted by Crippen LogP contribution is -2.18. The number of aliphatic carboxylic acids is 1. The summed E-state index contributed by atoms with van der Waals surface area (Å²) in [6.07, 6.45) is 0. The maximum absolute atomic E-state index is 10.9. The van der Waals surface area contributed by atoms with Crippen LogP contribution in [-0.2, 0) is 14.4 Å². The molecule has 9 heteroatoms. The molecule has 0 aliphatic heterocycles. The van der Waals surface area contributed by atoms with Crippen LogP contribution in [0.4, 0.5) is 5.13 Å². The smallest absolute Gasteiger partial charge is 0.344 e. The van der Waals surface area contributed by atoms with Gasteiger partial charge in [0.2, 0.25) is 6.61 Å². The van der Waals surface area contributed by atoms with E-state index in [1.54, 1.807) is 0 Å². The lowest BCUT2D eigenvalue weighted by molar-refractivity contribution is -0.142. The summed E-state index contributed by atoms with van der Waals surface area (Å²) >= 11 is 1.07. The molecule has 4 N–H and O–H groups in total. The average molecular weight is 243 g/mol. The number of anilines is 1. The van der Waals surface area contributed by atoms with Crippen molar-refractivity contribution < 1.29 is 19.5 Å². The first-order valence-corrected chi connectivity index (χ1v) is 4.77. The Balaban J connectivity index is 2.83. The number of hydrogen-bond donors (Lipinski definition) is 2. The third-order valence-corrected chi connectivity index (χ3v) is 2.00. The summed E-state index contributed by atoms with van der Waals surface area (Å²) in [4.78, 5) is 29.1. The molecule has 8 nitrogen and oxygen atoms in total. The Morgan fingerprint density at radius 1 is 1.69 bits per heavy atom. The minimum Gasteiger partial charge on any atom is -0.479 e. The molecule has 16 heavy (non-hydrogen) atoms. The van der Waals surface area contributed by atoms with Crippen LogP contribution in [0, 0.1) is 0 Å². The van der Waals surface area contributed by atoms with E-state index in [0.29, 0.717) is 0 Å². The highest BCUT2D eigenvalue weighted by molar-refractivity contribution is 7.13. The SMILES string of the molecule is [NH]C(=O)C(=NOCC(=O)O)c1csc(N)n1. The Hall–Kier alpha value is -2.16. The molecular weight excluding hydrogens is 236 g/mol. The van der Waals surface area contributed by atoms with Gasteiger partial charge in [-0.15, -0.1) is 11.3 Å². The Kier molecular flexibility index (Phi) is 3.78. The zero-order chi connectivity index (χ0) is 12.1. The second-order valence-electron chi connectivity index (χ2n) is 2.51. The number of nitrogens with one attached hydrogen (secondary N) is 1. The highest BCUT2D eigenvalue weighted by atomic mass is 32.1. The third-order valence-electron chi connectivity index (χ3n) is 1.32. The van der Waals surface area contributed by atoms with E-state index in [1.807, 2.05) is 0 Å². The number of rotatable bonds is 5. The van der Waals surface area contributed by atoms with Crippen molar-refractivity contribution in [1.82, 2.24) is 10.7 Å². The van der Waals surface area contributed by atoms with Gasteiger partial charge in [0.05, 0.1) is 0 Å². The van der Waals surface area contributed by atoms with Crippen molar-refractivity contribution in [2.75, 3.05) is 12.3 Å². The van der Waals surface area contributed by atoms with Gasteiger partial charge in [-0.3, -0.25) is 10.5 Å². The molecular formula is C7H7N4O4S. The molecule has 0 unspecified atom stereocenters. The molecule has 1 rings (SSSR count). The van der Waals surface area contributed by atoms with Crippen molar-refractivity contribution in [2.24, 2.45) is 5.16 Å². The van der Waals surface area contributed by atoms with Crippen molar-refractivity contribution in [1.29, 1.82) is 0 Å². The van der Waals surface area contributed by atoms with Gasteiger partial charge >= 0.3 is 5.97 Å². The first-order chi connectivity index (χ1) is 7.50. The molecule has 0 aliphatic rings. The fourth-order valence-corrected chi connectivity index (χ4v) is 1.30. The Morgan fingerprint density at radius 3 is 2.81 bits per heavy atom. The number of carboxylic acid groups (broad SMARTS) is 1. The maximum atomic E-state index is 10.9. The molecule has 0 saturated carbocycles. The fraction of sp³-hybridized carbons (Fsp3) is 0.143. The lowest BCUT2D eigenvalue weighted by Gasteiger charge is -1.97. The van der Waals surface area contributed by atoms with Gasteiger partial charge in [0.1, 0.15) is 5.69 Å². The monoisotopic (exact) mass is 243 g/mol. The molecule has 0 aromatic carbocycles. The van der Waals surface area contributed by atoms with Gasteiger partial charge in [0.25, 0.3) is 5.91 Å². The van der Waals surface area contributed by atoms with Crippen LogP contribution in [0.5, 0.6) is 0 Å². The lowest BCUT2D eigenvalue weighted by atomic mass is 10.3. The molecule has 0 atom stereocenters. The van der Waals surface area contributed by atoms with Gasteiger partial charge < -0.3 is 15.7 Å². The number of carbonyl (C=O) groups excluding carboxylic acids is 1. The number of nitrogen functional groups attached to an aromatic ring is 1. The van der Waals surface area contributed by atoms with Crippen LogP contribution in [0.3, 0.4) is 0 Å². The van der Waals surface area contributed by atoms with Gasteiger partial charge in [-0.05, 0) is 0 Å². The number of nitrogens with two attached hydrogens (primary N) is 1.